The third kappa shape index (κ3) is 4.37. The fourth-order valence-corrected chi connectivity index (χ4v) is 2.74. The van der Waals surface area contributed by atoms with Gasteiger partial charge in [-0.3, -0.25) is 4.79 Å². The van der Waals surface area contributed by atoms with Crippen LogP contribution in [-0.4, -0.2) is 42.0 Å². The van der Waals surface area contributed by atoms with Gasteiger partial charge in [-0.15, -0.1) is 0 Å². The Kier molecular flexibility index (Phi) is 5.66. The van der Waals surface area contributed by atoms with Crippen LogP contribution in [0.5, 0.6) is 0 Å². The molecule has 1 heterocycles. The highest BCUT2D eigenvalue weighted by atomic mass is 35.5. The van der Waals surface area contributed by atoms with Crippen LogP contribution in [0, 0.1) is 0 Å². The smallest absolute Gasteiger partial charge is 0.315 e. The number of likely N-dealkylation sites (tertiary alicyclic amines) is 1. The lowest BCUT2D eigenvalue weighted by Gasteiger charge is -2.32. The molecule has 22 heavy (non-hydrogen) atoms. The second kappa shape index (κ2) is 7.49. The Morgan fingerprint density at radius 1 is 1.23 bits per heavy atom. The Bertz CT molecular complexity index is 540. The maximum atomic E-state index is 12.4. The van der Waals surface area contributed by atoms with E-state index in [1.807, 2.05) is 26.0 Å². The molecule has 2 rings (SSSR count). The summed E-state index contributed by atoms with van der Waals surface area (Å²) in [5.74, 6) is -0.0457. The molecule has 1 aliphatic heterocycles. The molecule has 3 amide bonds. The zero-order valence-electron chi connectivity index (χ0n) is 12.9. The van der Waals surface area contributed by atoms with Crippen LogP contribution in [0.2, 0.25) is 5.02 Å². The SMILES string of the molecule is CC(C)NC(=O)NC1CCN(C(=O)c2ccccc2Cl)CC1. The van der Waals surface area contributed by atoms with Crippen molar-refractivity contribution in [1.82, 2.24) is 15.5 Å². The van der Waals surface area contributed by atoms with Crippen molar-refractivity contribution in [2.24, 2.45) is 0 Å². The second-order valence-electron chi connectivity index (χ2n) is 5.82. The van der Waals surface area contributed by atoms with Gasteiger partial charge in [0, 0.05) is 25.2 Å². The lowest BCUT2D eigenvalue weighted by molar-refractivity contribution is 0.0708. The summed E-state index contributed by atoms with van der Waals surface area (Å²) in [7, 11) is 0. The summed E-state index contributed by atoms with van der Waals surface area (Å²) in [6, 6.07) is 7.15. The first-order chi connectivity index (χ1) is 10.5. The maximum absolute atomic E-state index is 12.4. The number of carbonyl (C=O) groups is 2. The van der Waals surface area contributed by atoms with Crippen LogP contribution in [0.3, 0.4) is 0 Å². The number of urea groups is 1. The predicted molar refractivity (Wildman–Crippen MR) is 87.2 cm³/mol. The van der Waals surface area contributed by atoms with Gasteiger partial charge in [0.1, 0.15) is 0 Å². The molecule has 6 heteroatoms. The van der Waals surface area contributed by atoms with Crippen LogP contribution in [0.1, 0.15) is 37.0 Å². The van der Waals surface area contributed by atoms with E-state index < -0.39 is 0 Å². The van der Waals surface area contributed by atoms with Crippen molar-refractivity contribution >= 4 is 23.5 Å². The zero-order valence-corrected chi connectivity index (χ0v) is 13.7. The van der Waals surface area contributed by atoms with Crippen molar-refractivity contribution in [3.05, 3.63) is 34.9 Å². The molecule has 0 bridgehead atoms. The van der Waals surface area contributed by atoms with E-state index in [9.17, 15) is 9.59 Å². The minimum atomic E-state index is -0.147. The van der Waals surface area contributed by atoms with Crippen LogP contribution in [-0.2, 0) is 0 Å². The number of hydrogen-bond donors (Lipinski definition) is 2. The van der Waals surface area contributed by atoms with Gasteiger partial charge in [0.15, 0.2) is 0 Å². The van der Waals surface area contributed by atoms with Crippen molar-refractivity contribution in [3.8, 4) is 0 Å². The number of nitrogens with one attached hydrogen (secondary N) is 2. The molecule has 0 atom stereocenters. The number of rotatable bonds is 3. The van der Waals surface area contributed by atoms with E-state index in [0.717, 1.165) is 12.8 Å². The normalized spacial score (nSPS) is 15.7. The summed E-state index contributed by atoms with van der Waals surface area (Å²) in [4.78, 5) is 25.9. The van der Waals surface area contributed by atoms with Crippen LogP contribution in [0.15, 0.2) is 24.3 Å². The molecule has 1 aliphatic rings. The predicted octanol–water partition coefficient (Wildman–Crippen LogP) is 2.65. The van der Waals surface area contributed by atoms with Gasteiger partial charge in [0.05, 0.1) is 10.6 Å². The first kappa shape index (κ1) is 16.6. The number of nitrogens with zero attached hydrogens (tertiary/aromatic N) is 1. The molecule has 1 aromatic rings. The molecule has 1 aromatic carbocycles. The van der Waals surface area contributed by atoms with E-state index in [1.165, 1.54) is 0 Å². The van der Waals surface area contributed by atoms with Gasteiger partial charge in [-0.25, -0.2) is 4.79 Å². The second-order valence-corrected chi connectivity index (χ2v) is 6.23. The Labute approximate surface area is 136 Å². The molecule has 2 N–H and O–H groups in total. The van der Waals surface area contributed by atoms with Gasteiger partial charge < -0.3 is 15.5 Å². The number of amides is 3. The number of benzene rings is 1. The van der Waals surface area contributed by atoms with Gasteiger partial charge in [0.2, 0.25) is 0 Å². The third-order valence-electron chi connectivity index (χ3n) is 3.64. The summed E-state index contributed by atoms with van der Waals surface area (Å²) in [6.45, 7) is 5.09. The summed E-state index contributed by atoms with van der Waals surface area (Å²) >= 11 is 6.07. The fourth-order valence-electron chi connectivity index (χ4n) is 2.52. The average Bonchev–Trinajstić information content (AvgIpc) is 2.47. The van der Waals surface area contributed by atoms with Gasteiger partial charge >= 0.3 is 6.03 Å². The minimum Gasteiger partial charge on any atom is -0.338 e. The van der Waals surface area contributed by atoms with Gasteiger partial charge in [-0.1, -0.05) is 23.7 Å². The minimum absolute atomic E-state index is 0.0457. The highest BCUT2D eigenvalue weighted by molar-refractivity contribution is 6.33. The van der Waals surface area contributed by atoms with E-state index in [4.69, 9.17) is 11.6 Å². The van der Waals surface area contributed by atoms with Gasteiger partial charge in [-0.05, 0) is 38.8 Å². The summed E-state index contributed by atoms with van der Waals surface area (Å²) in [5.41, 5.74) is 0.535. The third-order valence-corrected chi connectivity index (χ3v) is 3.97. The number of halogens is 1. The molecule has 1 saturated heterocycles. The van der Waals surface area contributed by atoms with E-state index in [0.29, 0.717) is 23.7 Å². The first-order valence-corrected chi connectivity index (χ1v) is 7.96. The molecule has 0 unspecified atom stereocenters. The van der Waals surface area contributed by atoms with Crippen LogP contribution in [0.25, 0.3) is 0 Å². The topological polar surface area (TPSA) is 61.4 Å². The average molecular weight is 324 g/mol. The number of carbonyl (C=O) groups excluding carboxylic acids is 2. The van der Waals surface area contributed by atoms with E-state index in [1.54, 1.807) is 17.0 Å². The molecule has 0 spiro atoms. The first-order valence-electron chi connectivity index (χ1n) is 7.58. The summed E-state index contributed by atoms with van der Waals surface area (Å²) in [5, 5.41) is 6.23. The monoisotopic (exact) mass is 323 g/mol. The van der Waals surface area contributed by atoms with Crippen LogP contribution < -0.4 is 10.6 Å². The van der Waals surface area contributed by atoms with E-state index in [2.05, 4.69) is 10.6 Å². The van der Waals surface area contributed by atoms with Crippen molar-refractivity contribution < 1.29 is 9.59 Å². The lowest BCUT2D eigenvalue weighted by atomic mass is 10.0. The summed E-state index contributed by atoms with van der Waals surface area (Å²) in [6.07, 6.45) is 1.50. The van der Waals surface area contributed by atoms with Gasteiger partial charge in [0.25, 0.3) is 5.91 Å². The molecule has 1 fully saturated rings. The van der Waals surface area contributed by atoms with Crippen molar-refractivity contribution in [3.63, 3.8) is 0 Å². The van der Waals surface area contributed by atoms with Crippen LogP contribution in [0.4, 0.5) is 4.79 Å². The molecule has 0 aliphatic carbocycles. The van der Waals surface area contributed by atoms with Crippen molar-refractivity contribution in [1.29, 1.82) is 0 Å². The highest BCUT2D eigenvalue weighted by Gasteiger charge is 2.25. The van der Waals surface area contributed by atoms with Crippen LogP contribution >= 0.6 is 11.6 Å². The Balaban J connectivity index is 1.86. The number of hydrogen-bond acceptors (Lipinski definition) is 2. The van der Waals surface area contributed by atoms with Crippen molar-refractivity contribution in [2.75, 3.05) is 13.1 Å². The molecule has 0 saturated carbocycles. The number of piperidine rings is 1. The molecular formula is C16H22ClN3O2. The Morgan fingerprint density at radius 2 is 1.86 bits per heavy atom. The van der Waals surface area contributed by atoms with Crippen molar-refractivity contribution in [2.45, 2.75) is 38.8 Å². The summed E-state index contributed by atoms with van der Waals surface area (Å²) < 4.78 is 0. The Hall–Kier alpha value is -1.75. The van der Waals surface area contributed by atoms with E-state index >= 15 is 0 Å². The quantitative estimate of drug-likeness (QED) is 0.898. The molecule has 120 valence electrons. The highest BCUT2D eigenvalue weighted by Crippen LogP contribution is 2.19. The molecule has 5 nitrogen and oxygen atoms in total. The molecular weight excluding hydrogens is 302 g/mol. The lowest BCUT2D eigenvalue weighted by Crippen LogP contribution is -2.50. The standard InChI is InChI=1S/C16H22ClN3O2/c1-11(2)18-16(22)19-12-7-9-20(10-8-12)15(21)13-5-3-4-6-14(13)17/h3-6,11-12H,7-10H2,1-2H3,(H2,18,19,22). The molecule has 0 radical (unpaired) electrons. The Morgan fingerprint density at radius 3 is 2.45 bits per heavy atom. The van der Waals surface area contributed by atoms with E-state index in [-0.39, 0.29) is 24.0 Å². The van der Waals surface area contributed by atoms with Gasteiger partial charge in [-0.2, -0.15) is 0 Å². The maximum Gasteiger partial charge on any atom is 0.315 e. The zero-order chi connectivity index (χ0) is 16.1. The fraction of sp³-hybridized carbons (Fsp3) is 0.500. The largest absolute Gasteiger partial charge is 0.338 e. The molecule has 0 aromatic heterocycles.